The highest BCUT2D eigenvalue weighted by molar-refractivity contribution is 14.1. The van der Waals surface area contributed by atoms with Crippen LogP contribution in [0.4, 0.5) is 0 Å². The van der Waals surface area contributed by atoms with Crippen LogP contribution in [0.3, 0.4) is 0 Å². The first-order chi connectivity index (χ1) is 9.02. The molecule has 1 unspecified atom stereocenters. The van der Waals surface area contributed by atoms with Crippen LogP contribution >= 0.6 is 57.4 Å². The predicted molar refractivity (Wildman–Crippen MR) is 89.9 cm³/mol. The molecule has 2 aromatic rings. The summed E-state index contributed by atoms with van der Waals surface area (Å²) in [7, 11) is 1.58. The van der Waals surface area contributed by atoms with Crippen LogP contribution in [0.5, 0.6) is 5.75 Å². The fourth-order valence-electron chi connectivity index (χ4n) is 1.70. The molecule has 0 amide bonds. The maximum absolute atomic E-state index is 6.46. The lowest BCUT2D eigenvalue weighted by atomic mass is 10.0. The van der Waals surface area contributed by atoms with Gasteiger partial charge in [-0.3, -0.25) is 0 Å². The topological polar surface area (TPSA) is 9.23 Å². The largest absolute Gasteiger partial charge is 0.495 e. The summed E-state index contributed by atoms with van der Waals surface area (Å²) in [5, 5.41) is 0.948. The molecule has 0 radical (unpaired) electrons. The van der Waals surface area contributed by atoms with Gasteiger partial charge in [-0.25, -0.2) is 0 Å². The van der Waals surface area contributed by atoms with Crippen LogP contribution < -0.4 is 4.74 Å². The highest BCUT2D eigenvalue weighted by Gasteiger charge is 2.14. The van der Waals surface area contributed by atoms with E-state index in [0.717, 1.165) is 14.7 Å². The summed E-state index contributed by atoms with van der Waals surface area (Å²) in [5.41, 5.74) is 1.85. The van der Waals surface area contributed by atoms with Gasteiger partial charge in [-0.05, 0) is 58.0 Å². The molecule has 2 rings (SSSR count). The quantitative estimate of drug-likeness (QED) is 0.435. The van der Waals surface area contributed by atoms with Crippen LogP contribution in [0.25, 0.3) is 0 Å². The Morgan fingerprint density at radius 3 is 2.11 bits per heavy atom. The summed E-state index contributed by atoms with van der Waals surface area (Å²) < 4.78 is 6.12. The first-order valence-electron chi connectivity index (χ1n) is 5.45. The number of methoxy groups -OCH3 is 1. The summed E-state index contributed by atoms with van der Waals surface area (Å²) in [6.45, 7) is 0. The molecule has 1 atom stereocenters. The van der Waals surface area contributed by atoms with Crippen molar-refractivity contribution >= 4 is 57.4 Å². The highest BCUT2D eigenvalue weighted by atomic mass is 127. The van der Waals surface area contributed by atoms with Crippen molar-refractivity contribution < 1.29 is 4.74 Å². The summed E-state index contributed by atoms with van der Waals surface area (Å²) >= 11 is 20.9. The molecule has 0 bridgehead atoms. The van der Waals surface area contributed by atoms with E-state index in [9.17, 15) is 0 Å². The SMILES string of the molecule is COc1ccc(C(Cl)c2ccc(I)c(Cl)c2)cc1Cl. The van der Waals surface area contributed by atoms with Crippen molar-refractivity contribution in [2.45, 2.75) is 5.38 Å². The lowest BCUT2D eigenvalue weighted by Gasteiger charge is -2.13. The monoisotopic (exact) mass is 426 g/mol. The smallest absolute Gasteiger partial charge is 0.137 e. The maximum atomic E-state index is 6.46. The summed E-state index contributed by atoms with van der Waals surface area (Å²) in [4.78, 5) is 0. The van der Waals surface area contributed by atoms with Crippen LogP contribution in [0.15, 0.2) is 36.4 Å². The lowest BCUT2D eigenvalue weighted by Crippen LogP contribution is -1.95. The average molecular weight is 427 g/mol. The number of benzene rings is 2. The lowest BCUT2D eigenvalue weighted by molar-refractivity contribution is 0.415. The standard InChI is InChI=1S/C14H10Cl3IO/c1-19-13-5-3-9(7-11(13)16)14(17)8-2-4-12(18)10(15)6-8/h2-7,14H,1H3. The zero-order valence-electron chi connectivity index (χ0n) is 9.96. The Balaban J connectivity index is 2.35. The Morgan fingerprint density at radius 1 is 1.00 bits per heavy atom. The molecule has 19 heavy (non-hydrogen) atoms. The molecule has 100 valence electrons. The van der Waals surface area contributed by atoms with Gasteiger partial charge in [0.25, 0.3) is 0 Å². The molecule has 0 aliphatic heterocycles. The third-order valence-corrected chi connectivity index (χ3v) is 5.08. The number of halogens is 4. The van der Waals surface area contributed by atoms with E-state index in [1.807, 2.05) is 30.3 Å². The van der Waals surface area contributed by atoms with E-state index in [0.29, 0.717) is 15.8 Å². The maximum Gasteiger partial charge on any atom is 0.137 e. The molecular formula is C14H10Cl3IO. The normalized spacial score (nSPS) is 12.3. The minimum Gasteiger partial charge on any atom is -0.495 e. The van der Waals surface area contributed by atoms with Gasteiger partial charge in [0.05, 0.1) is 22.5 Å². The molecule has 1 nitrogen and oxygen atoms in total. The predicted octanol–water partition coefficient (Wildman–Crippen LogP) is 5.93. The zero-order valence-corrected chi connectivity index (χ0v) is 14.4. The van der Waals surface area contributed by atoms with Gasteiger partial charge in [-0.15, -0.1) is 11.6 Å². The fourth-order valence-corrected chi connectivity index (χ4v) is 2.76. The molecule has 0 fully saturated rings. The molecule has 2 aromatic carbocycles. The molecule has 0 N–H and O–H groups in total. The van der Waals surface area contributed by atoms with E-state index >= 15 is 0 Å². The van der Waals surface area contributed by atoms with Gasteiger partial charge in [0.2, 0.25) is 0 Å². The average Bonchev–Trinajstić information content (AvgIpc) is 2.41. The fraction of sp³-hybridized carbons (Fsp3) is 0.143. The summed E-state index contributed by atoms with van der Waals surface area (Å²) in [5.74, 6) is 0.634. The van der Waals surface area contributed by atoms with Gasteiger partial charge in [0.1, 0.15) is 5.75 Å². The number of hydrogen-bond acceptors (Lipinski definition) is 1. The number of rotatable bonds is 3. The summed E-state index contributed by atoms with van der Waals surface area (Å²) in [6.07, 6.45) is 0. The van der Waals surface area contributed by atoms with Gasteiger partial charge in [0.15, 0.2) is 0 Å². The highest BCUT2D eigenvalue weighted by Crippen LogP contribution is 2.35. The molecular weight excluding hydrogens is 417 g/mol. The molecule has 5 heteroatoms. The van der Waals surface area contributed by atoms with Gasteiger partial charge < -0.3 is 4.74 Å². The van der Waals surface area contributed by atoms with Crippen LogP contribution in [-0.4, -0.2) is 7.11 Å². The van der Waals surface area contributed by atoms with E-state index in [4.69, 9.17) is 39.5 Å². The van der Waals surface area contributed by atoms with Crippen molar-refractivity contribution in [3.63, 3.8) is 0 Å². The molecule has 0 saturated heterocycles. The Labute approximate surface area is 141 Å². The van der Waals surface area contributed by atoms with E-state index in [2.05, 4.69) is 22.6 Å². The first kappa shape index (κ1) is 15.2. The van der Waals surface area contributed by atoms with Gasteiger partial charge in [0, 0.05) is 3.57 Å². The van der Waals surface area contributed by atoms with Crippen LogP contribution in [0.1, 0.15) is 16.5 Å². The van der Waals surface area contributed by atoms with Gasteiger partial charge in [-0.2, -0.15) is 0 Å². The van der Waals surface area contributed by atoms with E-state index in [1.165, 1.54) is 0 Å². The molecule has 0 heterocycles. The van der Waals surface area contributed by atoms with Crippen LogP contribution in [-0.2, 0) is 0 Å². The minimum atomic E-state index is -0.294. The zero-order chi connectivity index (χ0) is 14.0. The minimum absolute atomic E-state index is 0.294. The van der Waals surface area contributed by atoms with Crippen LogP contribution in [0.2, 0.25) is 10.0 Å². The second kappa shape index (κ2) is 6.53. The Bertz CT molecular complexity index is 601. The molecule has 0 aliphatic carbocycles. The Hall–Kier alpha value is -0.160. The van der Waals surface area contributed by atoms with Crippen molar-refractivity contribution in [3.8, 4) is 5.75 Å². The second-order valence-electron chi connectivity index (χ2n) is 3.93. The number of alkyl halides is 1. The van der Waals surface area contributed by atoms with Crippen LogP contribution in [0, 0.1) is 3.57 Å². The molecule has 0 aromatic heterocycles. The molecule has 0 saturated carbocycles. The first-order valence-corrected chi connectivity index (χ1v) is 7.72. The Morgan fingerprint density at radius 2 is 1.58 bits per heavy atom. The molecule has 0 aliphatic rings. The second-order valence-corrected chi connectivity index (χ2v) is 6.34. The van der Waals surface area contributed by atoms with Crippen molar-refractivity contribution in [1.29, 1.82) is 0 Å². The van der Waals surface area contributed by atoms with Crippen molar-refractivity contribution in [2.24, 2.45) is 0 Å². The van der Waals surface area contributed by atoms with Crippen molar-refractivity contribution in [1.82, 2.24) is 0 Å². The third-order valence-electron chi connectivity index (χ3n) is 2.70. The third kappa shape index (κ3) is 3.48. The van der Waals surface area contributed by atoms with E-state index < -0.39 is 0 Å². The van der Waals surface area contributed by atoms with Crippen molar-refractivity contribution in [3.05, 3.63) is 61.1 Å². The van der Waals surface area contributed by atoms with E-state index in [1.54, 1.807) is 13.2 Å². The number of ether oxygens (including phenoxy) is 1. The Kier molecular flexibility index (Phi) is 5.23. The van der Waals surface area contributed by atoms with Gasteiger partial charge in [-0.1, -0.05) is 35.3 Å². The summed E-state index contributed by atoms with van der Waals surface area (Å²) in [6, 6.07) is 11.3. The number of hydrogen-bond donors (Lipinski definition) is 0. The van der Waals surface area contributed by atoms with E-state index in [-0.39, 0.29) is 5.38 Å². The molecule has 0 spiro atoms. The van der Waals surface area contributed by atoms with Crippen molar-refractivity contribution in [2.75, 3.05) is 7.11 Å². The van der Waals surface area contributed by atoms with Gasteiger partial charge >= 0.3 is 0 Å².